The lowest BCUT2D eigenvalue weighted by molar-refractivity contribution is -0.143. The summed E-state index contributed by atoms with van der Waals surface area (Å²) in [7, 11) is 0. The minimum absolute atomic E-state index is 0.00825. The van der Waals surface area contributed by atoms with Crippen molar-refractivity contribution < 1.29 is 24.5 Å². The summed E-state index contributed by atoms with van der Waals surface area (Å²) < 4.78 is 5.48. The van der Waals surface area contributed by atoms with E-state index in [0.717, 1.165) is 70.6 Å². The minimum atomic E-state index is -0.673. The third kappa shape index (κ3) is 63.4. The van der Waals surface area contributed by atoms with Gasteiger partial charge in [0.1, 0.15) is 0 Å². The van der Waals surface area contributed by atoms with Crippen molar-refractivity contribution in [3.8, 4) is 0 Å². The number of allylic oxidation sites excluding steroid dienone is 4. The van der Waals surface area contributed by atoms with Gasteiger partial charge in [-0.05, 0) is 57.8 Å². The second-order valence-corrected chi connectivity index (χ2v) is 24.3. The molecule has 0 aromatic heterocycles. The molecule has 0 aromatic rings. The molecule has 0 spiro atoms. The molecule has 1 amide bonds. The molecule has 2 atom stereocenters. The van der Waals surface area contributed by atoms with E-state index in [1.165, 1.54) is 289 Å². The van der Waals surface area contributed by atoms with Gasteiger partial charge in [0, 0.05) is 12.8 Å². The van der Waals surface area contributed by atoms with Gasteiger partial charge < -0.3 is 20.3 Å². The number of unbranched alkanes of at least 4 members (excludes halogenated alkanes) is 52. The number of hydrogen-bond acceptors (Lipinski definition) is 5. The summed E-state index contributed by atoms with van der Waals surface area (Å²) in [6.07, 6.45) is 83.6. The summed E-state index contributed by atoms with van der Waals surface area (Å²) in [5.41, 5.74) is 0. The van der Waals surface area contributed by atoms with Crippen LogP contribution in [0.3, 0.4) is 0 Å². The van der Waals surface area contributed by atoms with Crippen LogP contribution in [0, 0.1) is 0 Å². The number of esters is 1. The molecule has 0 aromatic carbocycles. The molecule has 0 saturated carbocycles. The zero-order chi connectivity index (χ0) is 55.7. The molecule has 0 aliphatic heterocycles. The average molecular weight is 1080 g/mol. The van der Waals surface area contributed by atoms with Crippen LogP contribution in [0.15, 0.2) is 24.3 Å². The number of rotatable bonds is 66. The fraction of sp³-hybridized carbons (Fsp3) is 0.915. The maximum Gasteiger partial charge on any atom is 0.305 e. The fourth-order valence-electron chi connectivity index (χ4n) is 11.2. The number of hydrogen-bond donors (Lipinski definition) is 3. The minimum Gasteiger partial charge on any atom is -0.466 e. The van der Waals surface area contributed by atoms with Crippen molar-refractivity contribution in [2.75, 3.05) is 13.2 Å². The van der Waals surface area contributed by atoms with Gasteiger partial charge in [-0.15, -0.1) is 0 Å². The molecule has 6 heteroatoms. The number of ether oxygens (including phenoxy) is 1. The molecule has 0 rings (SSSR count). The first-order valence-electron chi connectivity index (χ1n) is 35.1. The van der Waals surface area contributed by atoms with Crippen molar-refractivity contribution in [2.24, 2.45) is 0 Å². The Bertz CT molecular complexity index is 1200. The Labute approximate surface area is 481 Å². The van der Waals surface area contributed by atoms with Gasteiger partial charge in [-0.25, -0.2) is 0 Å². The Morgan fingerprint density at radius 2 is 0.636 bits per heavy atom. The van der Waals surface area contributed by atoms with Crippen molar-refractivity contribution in [3.63, 3.8) is 0 Å². The highest BCUT2D eigenvalue weighted by molar-refractivity contribution is 5.76. The van der Waals surface area contributed by atoms with E-state index in [0.29, 0.717) is 25.9 Å². The second kappa shape index (κ2) is 66.8. The Balaban J connectivity index is 3.45. The van der Waals surface area contributed by atoms with E-state index in [1.54, 1.807) is 0 Å². The second-order valence-electron chi connectivity index (χ2n) is 24.3. The molecule has 77 heavy (non-hydrogen) atoms. The van der Waals surface area contributed by atoms with Crippen molar-refractivity contribution >= 4 is 11.9 Å². The van der Waals surface area contributed by atoms with Crippen LogP contribution in [0.4, 0.5) is 0 Å². The SMILES string of the molecule is CCCCCCCCCCCCCCCCCCCCCCCCCCC(O)C(CO)NC(=O)CCCCCCCCCCCC/C=C\C=C/CCCCCOC(=O)CCCCCCCCCCCCCCCCCCC. The number of nitrogens with one attached hydrogen (secondary N) is 1. The third-order valence-electron chi connectivity index (χ3n) is 16.5. The van der Waals surface area contributed by atoms with Crippen LogP contribution < -0.4 is 5.32 Å². The van der Waals surface area contributed by atoms with Gasteiger partial charge in [-0.2, -0.15) is 0 Å². The Morgan fingerprint density at radius 3 is 0.961 bits per heavy atom. The van der Waals surface area contributed by atoms with Gasteiger partial charge in [0.25, 0.3) is 0 Å². The van der Waals surface area contributed by atoms with E-state index in [9.17, 15) is 19.8 Å². The number of carbonyl (C=O) groups is 2. The Kier molecular flexibility index (Phi) is 65.4. The number of aliphatic hydroxyl groups excluding tert-OH is 2. The van der Waals surface area contributed by atoms with Crippen LogP contribution in [-0.2, 0) is 14.3 Å². The van der Waals surface area contributed by atoms with Crippen LogP contribution in [-0.4, -0.2) is 47.4 Å². The normalized spacial score (nSPS) is 12.6. The molecule has 3 N–H and O–H groups in total. The molecule has 2 unspecified atom stereocenters. The number of amides is 1. The topological polar surface area (TPSA) is 95.9 Å². The zero-order valence-corrected chi connectivity index (χ0v) is 52.2. The highest BCUT2D eigenvalue weighted by atomic mass is 16.5. The van der Waals surface area contributed by atoms with Gasteiger partial charge in [0.15, 0.2) is 0 Å². The summed E-state index contributed by atoms with van der Waals surface area (Å²) in [5, 5.41) is 23.4. The average Bonchev–Trinajstić information content (AvgIpc) is 3.43. The highest BCUT2D eigenvalue weighted by Crippen LogP contribution is 2.19. The Morgan fingerprint density at radius 1 is 0.364 bits per heavy atom. The monoisotopic (exact) mass is 1080 g/mol. The summed E-state index contributed by atoms with van der Waals surface area (Å²) in [6, 6.07) is -0.551. The van der Waals surface area contributed by atoms with E-state index in [2.05, 4.69) is 43.5 Å². The maximum atomic E-state index is 12.5. The molecule has 0 saturated heterocycles. The van der Waals surface area contributed by atoms with Gasteiger partial charge >= 0.3 is 5.97 Å². The van der Waals surface area contributed by atoms with Crippen molar-refractivity contribution in [3.05, 3.63) is 24.3 Å². The molecule has 0 aliphatic carbocycles. The first-order valence-corrected chi connectivity index (χ1v) is 35.1. The van der Waals surface area contributed by atoms with Gasteiger partial charge in [-0.3, -0.25) is 9.59 Å². The van der Waals surface area contributed by atoms with Gasteiger partial charge in [0.05, 0.1) is 25.4 Å². The van der Waals surface area contributed by atoms with Gasteiger partial charge in [0.2, 0.25) is 5.91 Å². The number of carbonyl (C=O) groups excluding carboxylic acids is 2. The predicted octanol–water partition coefficient (Wildman–Crippen LogP) is 22.5. The van der Waals surface area contributed by atoms with Crippen molar-refractivity contribution in [1.29, 1.82) is 0 Å². The summed E-state index contributed by atoms with van der Waals surface area (Å²) in [5.74, 6) is -0.0484. The van der Waals surface area contributed by atoms with E-state index < -0.39 is 12.1 Å². The van der Waals surface area contributed by atoms with E-state index in [1.807, 2.05) is 0 Å². The first kappa shape index (κ1) is 75.3. The maximum absolute atomic E-state index is 12.5. The summed E-state index contributed by atoms with van der Waals surface area (Å²) >= 11 is 0. The van der Waals surface area contributed by atoms with E-state index in [-0.39, 0.29) is 18.5 Å². The molecular formula is C71H137NO5. The smallest absolute Gasteiger partial charge is 0.305 e. The molecule has 0 aliphatic rings. The lowest BCUT2D eigenvalue weighted by Gasteiger charge is -2.22. The quantitative estimate of drug-likeness (QED) is 0.0320. The highest BCUT2D eigenvalue weighted by Gasteiger charge is 2.20. The molecule has 456 valence electrons. The van der Waals surface area contributed by atoms with Crippen LogP contribution in [0.1, 0.15) is 393 Å². The third-order valence-corrected chi connectivity index (χ3v) is 16.5. The van der Waals surface area contributed by atoms with Crippen molar-refractivity contribution in [2.45, 2.75) is 405 Å². The molecule has 0 bridgehead atoms. The molecule has 0 heterocycles. The van der Waals surface area contributed by atoms with Crippen LogP contribution in [0.25, 0.3) is 0 Å². The molecule has 0 fully saturated rings. The lowest BCUT2D eigenvalue weighted by Crippen LogP contribution is -2.45. The first-order chi connectivity index (χ1) is 38.0. The van der Waals surface area contributed by atoms with Crippen LogP contribution >= 0.6 is 0 Å². The molecular weight excluding hydrogens is 947 g/mol. The van der Waals surface area contributed by atoms with Gasteiger partial charge in [-0.1, -0.05) is 346 Å². The van der Waals surface area contributed by atoms with E-state index >= 15 is 0 Å². The molecule has 6 nitrogen and oxygen atoms in total. The largest absolute Gasteiger partial charge is 0.466 e. The van der Waals surface area contributed by atoms with Crippen molar-refractivity contribution in [1.82, 2.24) is 5.32 Å². The van der Waals surface area contributed by atoms with E-state index in [4.69, 9.17) is 4.74 Å². The molecule has 0 radical (unpaired) electrons. The standard InChI is InChI=1S/C71H137NO5/c1-3-5-7-9-11-13-15-17-19-21-22-23-24-25-26-28-32-35-39-43-47-51-55-59-63-69(74)68(67-73)72-70(75)64-60-56-52-48-44-40-36-33-29-27-30-34-38-42-46-50-54-58-62-66-77-71(76)65-61-57-53-49-45-41-37-31-20-18-16-14-12-10-8-6-4-2/h34,38,42,46,68-69,73-74H,3-33,35-37,39-41,43-45,47-67H2,1-2H3,(H,72,75)/b38-34-,46-42-. The fourth-order valence-corrected chi connectivity index (χ4v) is 11.2. The van der Waals surface area contributed by atoms with Crippen LogP contribution in [0.2, 0.25) is 0 Å². The number of aliphatic hydroxyl groups is 2. The zero-order valence-electron chi connectivity index (χ0n) is 52.2. The lowest BCUT2D eigenvalue weighted by atomic mass is 10.0. The predicted molar refractivity (Wildman–Crippen MR) is 338 cm³/mol. The Hall–Kier alpha value is -1.66. The summed E-state index contributed by atoms with van der Waals surface area (Å²) in [4.78, 5) is 24.6. The van der Waals surface area contributed by atoms with Crippen LogP contribution in [0.5, 0.6) is 0 Å². The summed E-state index contributed by atoms with van der Waals surface area (Å²) in [6.45, 7) is 4.96.